The van der Waals surface area contributed by atoms with Crippen molar-refractivity contribution in [3.63, 3.8) is 0 Å². The number of hydrogen-bond acceptors (Lipinski definition) is 2. The molecule has 0 unspecified atom stereocenters. The number of guanidine groups is 1. The summed E-state index contributed by atoms with van der Waals surface area (Å²) < 4.78 is 0. The van der Waals surface area contributed by atoms with Crippen LogP contribution in [-0.2, 0) is 0 Å². The van der Waals surface area contributed by atoms with Gasteiger partial charge in [-0.05, 0) is 19.5 Å². The fraction of sp³-hybridized carbons (Fsp3) is 0.900. The van der Waals surface area contributed by atoms with Gasteiger partial charge in [0, 0.05) is 27.2 Å². The Morgan fingerprint density at radius 3 is 2.43 bits per heavy atom. The van der Waals surface area contributed by atoms with Gasteiger partial charge in [0.25, 0.3) is 0 Å². The van der Waals surface area contributed by atoms with Crippen LogP contribution in [0.1, 0.15) is 20.3 Å². The average molecular weight is 200 g/mol. The summed E-state index contributed by atoms with van der Waals surface area (Å²) in [6.07, 6.45) is 1.22. The predicted molar refractivity (Wildman–Crippen MR) is 62.8 cm³/mol. The van der Waals surface area contributed by atoms with Crippen molar-refractivity contribution in [2.75, 3.05) is 40.3 Å². The molecule has 0 aliphatic rings. The third kappa shape index (κ3) is 5.80. The lowest BCUT2D eigenvalue weighted by Crippen LogP contribution is -2.40. The minimum absolute atomic E-state index is 0.859. The first-order valence-corrected chi connectivity index (χ1v) is 5.39. The highest BCUT2D eigenvalue weighted by molar-refractivity contribution is 5.79. The third-order valence-corrected chi connectivity index (χ3v) is 2.17. The van der Waals surface area contributed by atoms with Crippen LogP contribution in [0, 0.1) is 0 Å². The third-order valence-electron chi connectivity index (χ3n) is 2.17. The largest absolute Gasteiger partial charge is 0.359 e. The molecule has 0 spiro atoms. The molecule has 4 nitrogen and oxygen atoms in total. The van der Waals surface area contributed by atoms with E-state index in [1.165, 1.54) is 13.0 Å². The van der Waals surface area contributed by atoms with E-state index >= 15 is 0 Å². The van der Waals surface area contributed by atoms with Gasteiger partial charge in [-0.3, -0.25) is 4.99 Å². The first-order valence-electron chi connectivity index (χ1n) is 5.39. The minimum Gasteiger partial charge on any atom is -0.359 e. The van der Waals surface area contributed by atoms with Crippen LogP contribution in [0.2, 0.25) is 0 Å². The standard InChI is InChI=1S/C10H24N4/c1-5-8-14(6-2)9-7-13-10(11-3)12-4/h5-9H2,1-4H3,(H2,11,12,13). The van der Waals surface area contributed by atoms with Crippen molar-refractivity contribution in [3.8, 4) is 0 Å². The van der Waals surface area contributed by atoms with Gasteiger partial charge in [-0.2, -0.15) is 0 Å². The molecule has 14 heavy (non-hydrogen) atoms. The quantitative estimate of drug-likeness (QED) is 0.485. The molecule has 0 radical (unpaired) electrons. The molecule has 0 aromatic heterocycles. The summed E-state index contributed by atoms with van der Waals surface area (Å²) in [6.45, 7) is 8.72. The van der Waals surface area contributed by atoms with Crippen LogP contribution in [0.5, 0.6) is 0 Å². The smallest absolute Gasteiger partial charge is 0.190 e. The van der Waals surface area contributed by atoms with Crippen LogP contribution in [0.15, 0.2) is 4.99 Å². The summed E-state index contributed by atoms with van der Waals surface area (Å²) in [7, 11) is 3.65. The predicted octanol–water partition coefficient (Wildman–Crippen LogP) is 0.513. The van der Waals surface area contributed by atoms with Gasteiger partial charge in [0.15, 0.2) is 5.96 Å². The molecule has 0 rings (SSSR count). The molecule has 0 saturated heterocycles. The van der Waals surface area contributed by atoms with Gasteiger partial charge >= 0.3 is 0 Å². The highest BCUT2D eigenvalue weighted by atomic mass is 15.2. The molecular weight excluding hydrogens is 176 g/mol. The molecule has 0 saturated carbocycles. The number of hydrogen-bond donors (Lipinski definition) is 2. The van der Waals surface area contributed by atoms with Crippen LogP contribution in [0.4, 0.5) is 0 Å². The highest BCUT2D eigenvalue weighted by Gasteiger charge is 2.00. The van der Waals surface area contributed by atoms with Gasteiger partial charge in [-0.15, -0.1) is 0 Å². The Labute approximate surface area is 87.8 Å². The topological polar surface area (TPSA) is 39.7 Å². The van der Waals surface area contributed by atoms with Crippen molar-refractivity contribution in [1.82, 2.24) is 15.5 Å². The first-order chi connectivity index (χ1) is 6.78. The van der Waals surface area contributed by atoms with E-state index in [0.717, 1.165) is 25.6 Å². The molecule has 0 atom stereocenters. The van der Waals surface area contributed by atoms with Crippen molar-refractivity contribution >= 4 is 5.96 Å². The van der Waals surface area contributed by atoms with E-state index in [1.54, 1.807) is 7.05 Å². The molecule has 4 heteroatoms. The van der Waals surface area contributed by atoms with Crippen LogP contribution in [0.25, 0.3) is 0 Å². The van der Waals surface area contributed by atoms with Gasteiger partial charge < -0.3 is 15.5 Å². The molecule has 0 aliphatic heterocycles. The number of aliphatic imine (C=N–C) groups is 1. The van der Waals surface area contributed by atoms with E-state index in [-0.39, 0.29) is 0 Å². The number of nitrogens with one attached hydrogen (secondary N) is 2. The molecule has 0 bridgehead atoms. The maximum Gasteiger partial charge on any atom is 0.190 e. The monoisotopic (exact) mass is 200 g/mol. The van der Waals surface area contributed by atoms with Crippen molar-refractivity contribution in [1.29, 1.82) is 0 Å². The fourth-order valence-electron chi connectivity index (χ4n) is 1.36. The zero-order valence-corrected chi connectivity index (χ0v) is 9.93. The van der Waals surface area contributed by atoms with Crippen molar-refractivity contribution in [3.05, 3.63) is 0 Å². The molecule has 84 valence electrons. The van der Waals surface area contributed by atoms with Crippen molar-refractivity contribution in [2.24, 2.45) is 4.99 Å². The van der Waals surface area contributed by atoms with Crippen LogP contribution < -0.4 is 10.6 Å². The normalized spacial score (nSPS) is 11.9. The lowest BCUT2D eigenvalue weighted by molar-refractivity contribution is 0.293. The van der Waals surface area contributed by atoms with Crippen molar-refractivity contribution < 1.29 is 0 Å². The summed E-state index contributed by atoms with van der Waals surface area (Å²) in [5.74, 6) is 0.859. The van der Waals surface area contributed by atoms with Gasteiger partial charge in [-0.1, -0.05) is 13.8 Å². The lowest BCUT2D eigenvalue weighted by atomic mass is 10.4. The van der Waals surface area contributed by atoms with Crippen LogP contribution in [0.3, 0.4) is 0 Å². The van der Waals surface area contributed by atoms with E-state index in [0.29, 0.717) is 0 Å². The van der Waals surface area contributed by atoms with Crippen molar-refractivity contribution in [2.45, 2.75) is 20.3 Å². The summed E-state index contributed by atoms with van der Waals surface area (Å²) >= 11 is 0. The van der Waals surface area contributed by atoms with E-state index in [2.05, 4.69) is 34.4 Å². The van der Waals surface area contributed by atoms with Crippen LogP contribution >= 0.6 is 0 Å². The van der Waals surface area contributed by atoms with Gasteiger partial charge in [0.1, 0.15) is 0 Å². The maximum absolute atomic E-state index is 4.05. The Morgan fingerprint density at radius 1 is 1.29 bits per heavy atom. The summed E-state index contributed by atoms with van der Waals surface area (Å²) in [5.41, 5.74) is 0. The molecule has 0 heterocycles. The molecule has 0 aliphatic carbocycles. The maximum atomic E-state index is 4.05. The number of likely N-dealkylation sites (N-methyl/N-ethyl adjacent to an activating group) is 1. The van der Waals surface area contributed by atoms with Crippen LogP contribution in [-0.4, -0.2) is 51.1 Å². The molecule has 0 fully saturated rings. The Kier molecular flexibility index (Phi) is 8.33. The fourth-order valence-corrected chi connectivity index (χ4v) is 1.36. The zero-order chi connectivity index (χ0) is 10.8. The summed E-state index contributed by atoms with van der Waals surface area (Å²) in [5, 5.41) is 6.24. The second-order valence-corrected chi connectivity index (χ2v) is 3.18. The second-order valence-electron chi connectivity index (χ2n) is 3.18. The Bertz CT molecular complexity index is 156. The molecule has 0 amide bonds. The Hall–Kier alpha value is -0.770. The zero-order valence-electron chi connectivity index (χ0n) is 9.93. The van der Waals surface area contributed by atoms with E-state index in [1.807, 2.05) is 7.05 Å². The second kappa shape index (κ2) is 8.81. The van der Waals surface area contributed by atoms with E-state index in [9.17, 15) is 0 Å². The molecule has 0 aromatic carbocycles. The molecule has 2 N–H and O–H groups in total. The molecular formula is C10H24N4. The Balaban J connectivity index is 3.59. The first kappa shape index (κ1) is 13.2. The summed E-state index contributed by atoms with van der Waals surface area (Å²) in [4.78, 5) is 6.48. The van der Waals surface area contributed by atoms with E-state index < -0.39 is 0 Å². The van der Waals surface area contributed by atoms with E-state index in [4.69, 9.17) is 0 Å². The van der Waals surface area contributed by atoms with Gasteiger partial charge in [-0.25, -0.2) is 0 Å². The number of rotatable bonds is 6. The number of nitrogens with zero attached hydrogens (tertiary/aromatic N) is 2. The minimum atomic E-state index is 0.859. The Morgan fingerprint density at radius 2 is 2.00 bits per heavy atom. The van der Waals surface area contributed by atoms with Gasteiger partial charge in [0.05, 0.1) is 0 Å². The van der Waals surface area contributed by atoms with Gasteiger partial charge in [0.2, 0.25) is 0 Å². The summed E-state index contributed by atoms with van der Waals surface area (Å²) in [6, 6.07) is 0. The molecule has 0 aromatic rings. The average Bonchev–Trinajstić information content (AvgIpc) is 2.23. The SMILES string of the molecule is CCCN(CC)CCNC(=NC)NC. The highest BCUT2D eigenvalue weighted by Crippen LogP contribution is 1.88. The lowest BCUT2D eigenvalue weighted by Gasteiger charge is -2.20.